The summed E-state index contributed by atoms with van der Waals surface area (Å²) in [5, 5.41) is 8.95. The molecule has 1 atom stereocenters. The highest BCUT2D eigenvalue weighted by atomic mass is 19.1. The average molecular weight is 570 g/mol. The zero-order valence-electron chi connectivity index (χ0n) is 24.5. The Kier molecular flexibility index (Phi) is 9.82. The molecule has 2 aromatic carbocycles. The van der Waals surface area contributed by atoms with Gasteiger partial charge >= 0.3 is 6.03 Å². The van der Waals surface area contributed by atoms with Crippen LogP contribution in [0, 0.1) is 5.82 Å². The lowest BCUT2D eigenvalue weighted by Crippen LogP contribution is -2.53. The van der Waals surface area contributed by atoms with Gasteiger partial charge < -0.3 is 24.4 Å². The Labute approximate surface area is 241 Å². The summed E-state index contributed by atoms with van der Waals surface area (Å²) in [5.41, 5.74) is 0.946. The van der Waals surface area contributed by atoms with Crippen molar-refractivity contribution >= 4 is 17.6 Å². The van der Waals surface area contributed by atoms with Crippen molar-refractivity contribution in [1.29, 1.82) is 0 Å². The van der Waals surface area contributed by atoms with Crippen molar-refractivity contribution < 1.29 is 28.2 Å². The SMILES string of the molecule is COc1ccc(OC)c([C@@H]2CC(c3ccccc3F)=NN2C(=O)CN(CCN2CCOCC2)C(=O)NC(C)(C)C)c1. The molecule has 0 aliphatic carbocycles. The third-order valence-electron chi connectivity index (χ3n) is 7.03. The van der Waals surface area contributed by atoms with Crippen molar-refractivity contribution in [2.45, 2.75) is 38.8 Å². The maximum absolute atomic E-state index is 14.8. The normalized spacial score (nSPS) is 17.7. The molecule has 0 aromatic heterocycles. The first-order chi connectivity index (χ1) is 19.6. The van der Waals surface area contributed by atoms with Gasteiger partial charge in [0.1, 0.15) is 23.9 Å². The van der Waals surface area contributed by atoms with Crippen LogP contribution in [0.4, 0.5) is 9.18 Å². The highest BCUT2D eigenvalue weighted by molar-refractivity contribution is 6.03. The fraction of sp³-hybridized carbons (Fsp3) is 0.500. The van der Waals surface area contributed by atoms with Gasteiger partial charge in [-0.25, -0.2) is 14.2 Å². The molecule has 0 unspecified atom stereocenters. The predicted octanol–water partition coefficient (Wildman–Crippen LogP) is 3.66. The minimum absolute atomic E-state index is 0.205. The summed E-state index contributed by atoms with van der Waals surface area (Å²) in [7, 11) is 3.11. The van der Waals surface area contributed by atoms with Gasteiger partial charge in [0.15, 0.2) is 0 Å². The van der Waals surface area contributed by atoms with Gasteiger partial charge in [-0.2, -0.15) is 5.10 Å². The van der Waals surface area contributed by atoms with Gasteiger partial charge in [-0.3, -0.25) is 9.69 Å². The van der Waals surface area contributed by atoms with Crippen LogP contribution in [0.2, 0.25) is 0 Å². The quantitative estimate of drug-likeness (QED) is 0.495. The summed E-state index contributed by atoms with van der Waals surface area (Å²) in [6.07, 6.45) is 0.262. The standard InChI is InChI=1S/C30H40FN5O5/c1-30(2,3)32-29(38)35(13-12-34-14-16-41-17-15-34)20-28(37)36-26(23-18-21(39-4)10-11-27(23)40-5)19-25(33-36)22-8-6-7-9-24(22)31/h6-11,18,26H,12-17,19-20H2,1-5H3,(H,32,38)/t26-/m0/s1. The molecule has 41 heavy (non-hydrogen) atoms. The van der Waals surface area contributed by atoms with Gasteiger partial charge in [0.2, 0.25) is 0 Å². The van der Waals surface area contributed by atoms with Crippen molar-refractivity contribution in [3.63, 3.8) is 0 Å². The molecule has 11 heteroatoms. The van der Waals surface area contributed by atoms with Crippen LogP contribution < -0.4 is 14.8 Å². The number of carbonyl (C=O) groups is 2. The van der Waals surface area contributed by atoms with Crippen molar-refractivity contribution in [2.24, 2.45) is 5.10 Å². The highest BCUT2D eigenvalue weighted by Crippen LogP contribution is 2.39. The number of halogens is 1. The smallest absolute Gasteiger partial charge is 0.318 e. The number of amides is 3. The molecular weight excluding hydrogens is 529 g/mol. The fourth-order valence-corrected chi connectivity index (χ4v) is 4.92. The first-order valence-electron chi connectivity index (χ1n) is 13.8. The molecule has 3 amide bonds. The Bertz CT molecular complexity index is 1260. The van der Waals surface area contributed by atoms with Crippen LogP contribution in [0.1, 0.15) is 44.4 Å². The van der Waals surface area contributed by atoms with Gasteiger partial charge in [-0.15, -0.1) is 0 Å². The number of urea groups is 1. The van der Waals surface area contributed by atoms with Crippen LogP contribution in [0.5, 0.6) is 11.5 Å². The van der Waals surface area contributed by atoms with Crippen molar-refractivity contribution in [2.75, 3.05) is 60.2 Å². The summed E-state index contributed by atoms with van der Waals surface area (Å²) in [4.78, 5) is 31.0. The number of rotatable bonds is 9. The lowest BCUT2D eigenvalue weighted by atomic mass is 9.97. The largest absolute Gasteiger partial charge is 0.497 e. The molecule has 0 radical (unpaired) electrons. The molecule has 0 saturated carbocycles. The van der Waals surface area contributed by atoms with E-state index in [9.17, 15) is 14.0 Å². The first-order valence-corrected chi connectivity index (χ1v) is 13.8. The maximum Gasteiger partial charge on any atom is 0.318 e. The molecule has 0 spiro atoms. The summed E-state index contributed by atoms with van der Waals surface area (Å²) in [5.74, 6) is 0.323. The molecule has 10 nitrogen and oxygen atoms in total. The van der Waals surface area contributed by atoms with Crippen molar-refractivity contribution in [3.8, 4) is 11.5 Å². The van der Waals surface area contributed by atoms with Crippen LogP contribution in [-0.4, -0.2) is 98.2 Å². The Balaban J connectivity index is 1.65. The second-order valence-corrected chi connectivity index (χ2v) is 11.1. The number of benzene rings is 2. The van der Waals surface area contributed by atoms with E-state index in [2.05, 4.69) is 15.3 Å². The highest BCUT2D eigenvalue weighted by Gasteiger charge is 2.37. The van der Waals surface area contributed by atoms with Gasteiger partial charge in [0, 0.05) is 49.3 Å². The zero-order chi connectivity index (χ0) is 29.6. The molecular formula is C30H40FN5O5. The number of ether oxygens (including phenoxy) is 3. The van der Waals surface area contributed by atoms with Crippen LogP contribution in [-0.2, 0) is 9.53 Å². The number of hydrogen-bond donors (Lipinski definition) is 1. The minimum Gasteiger partial charge on any atom is -0.497 e. The molecule has 0 bridgehead atoms. The summed E-state index contributed by atoms with van der Waals surface area (Å²) < 4.78 is 31.3. The van der Waals surface area contributed by atoms with E-state index in [0.29, 0.717) is 54.6 Å². The molecule has 1 N–H and O–H groups in total. The number of nitrogens with one attached hydrogen (secondary N) is 1. The van der Waals surface area contributed by atoms with E-state index < -0.39 is 23.3 Å². The van der Waals surface area contributed by atoms with Gasteiger partial charge in [0.25, 0.3) is 5.91 Å². The molecule has 4 rings (SSSR count). The van der Waals surface area contributed by atoms with E-state index in [1.807, 2.05) is 20.8 Å². The summed E-state index contributed by atoms with van der Waals surface area (Å²) in [6, 6.07) is 10.8. The second-order valence-electron chi connectivity index (χ2n) is 11.1. The van der Waals surface area contributed by atoms with E-state index in [-0.39, 0.29) is 19.0 Å². The molecule has 222 valence electrons. The Morgan fingerprint density at radius 3 is 2.51 bits per heavy atom. The number of methoxy groups -OCH3 is 2. The molecule has 1 fully saturated rings. The first kappa shape index (κ1) is 30.3. The van der Waals surface area contributed by atoms with Crippen LogP contribution in [0.3, 0.4) is 0 Å². The Morgan fingerprint density at radius 1 is 1.12 bits per heavy atom. The van der Waals surface area contributed by atoms with E-state index in [4.69, 9.17) is 14.2 Å². The lowest BCUT2D eigenvalue weighted by molar-refractivity contribution is -0.133. The summed E-state index contributed by atoms with van der Waals surface area (Å²) >= 11 is 0. The van der Waals surface area contributed by atoms with Crippen LogP contribution in [0.25, 0.3) is 0 Å². The Hall–Kier alpha value is -3.70. The van der Waals surface area contributed by atoms with E-state index >= 15 is 0 Å². The fourth-order valence-electron chi connectivity index (χ4n) is 4.92. The number of nitrogens with zero attached hydrogens (tertiary/aromatic N) is 4. The summed E-state index contributed by atoms with van der Waals surface area (Å²) in [6.45, 7) is 9.23. The maximum atomic E-state index is 14.8. The van der Waals surface area contributed by atoms with Crippen molar-refractivity contribution in [3.05, 3.63) is 59.4 Å². The monoisotopic (exact) mass is 569 g/mol. The van der Waals surface area contributed by atoms with Crippen molar-refractivity contribution in [1.82, 2.24) is 20.1 Å². The third kappa shape index (κ3) is 7.74. The van der Waals surface area contributed by atoms with Crippen LogP contribution in [0.15, 0.2) is 47.6 Å². The number of morpholine rings is 1. The van der Waals surface area contributed by atoms with E-state index in [0.717, 1.165) is 13.1 Å². The number of carbonyl (C=O) groups excluding carboxylic acids is 2. The molecule has 2 heterocycles. The number of hydrogen-bond acceptors (Lipinski definition) is 7. The zero-order valence-corrected chi connectivity index (χ0v) is 24.5. The topological polar surface area (TPSA) is 95.9 Å². The average Bonchev–Trinajstić information content (AvgIpc) is 3.40. The van der Waals surface area contributed by atoms with Gasteiger partial charge in [0.05, 0.1) is 39.2 Å². The molecule has 2 aliphatic rings. The number of hydrazone groups is 1. The lowest BCUT2D eigenvalue weighted by Gasteiger charge is -2.33. The van der Waals surface area contributed by atoms with Gasteiger partial charge in [-0.1, -0.05) is 18.2 Å². The Morgan fingerprint density at radius 2 is 1.85 bits per heavy atom. The molecule has 1 saturated heterocycles. The molecule has 2 aromatic rings. The minimum atomic E-state index is -0.589. The molecule has 2 aliphatic heterocycles. The van der Waals surface area contributed by atoms with Gasteiger partial charge in [-0.05, 0) is 45.0 Å². The second kappa shape index (κ2) is 13.3. The predicted molar refractivity (Wildman–Crippen MR) is 154 cm³/mol. The third-order valence-corrected chi connectivity index (χ3v) is 7.03. The van der Waals surface area contributed by atoms with Crippen LogP contribution >= 0.6 is 0 Å². The van der Waals surface area contributed by atoms with E-state index in [1.54, 1.807) is 50.6 Å². The van der Waals surface area contributed by atoms with E-state index in [1.165, 1.54) is 16.0 Å².